The molecule has 9 heteroatoms. The Morgan fingerprint density at radius 2 is 2.04 bits per heavy atom. The van der Waals surface area contributed by atoms with E-state index in [1.807, 2.05) is 13.8 Å². The molecule has 1 aromatic heterocycles. The third-order valence-corrected chi connectivity index (χ3v) is 6.01. The Morgan fingerprint density at radius 3 is 2.65 bits per heavy atom. The minimum absolute atomic E-state index is 0.119. The van der Waals surface area contributed by atoms with Crippen LogP contribution in [0.3, 0.4) is 0 Å². The first-order chi connectivity index (χ1) is 12.4. The molecule has 2 aromatic rings. The highest BCUT2D eigenvalue weighted by atomic mass is 32.2. The second kappa shape index (κ2) is 9.65. The van der Waals surface area contributed by atoms with Crippen molar-refractivity contribution in [2.75, 3.05) is 24.0 Å². The summed E-state index contributed by atoms with van der Waals surface area (Å²) in [5.74, 6) is -0.385. The largest absolute Gasteiger partial charge is 0.379 e. The van der Waals surface area contributed by atoms with Gasteiger partial charge in [0.15, 0.2) is 5.13 Å². The smallest absolute Gasteiger partial charge is 0.266 e. The van der Waals surface area contributed by atoms with Crippen LogP contribution in [0.5, 0.6) is 0 Å². The molecular formula is C17H23N3O4S2. The molecule has 7 nitrogen and oxygen atoms in total. The average molecular weight is 398 g/mol. The average Bonchev–Trinajstić information content (AvgIpc) is 3.14. The second-order valence-corrected chi connectivity index (χ2v) is 8.50. The number of benzene rings is 1. The fourth-order valence-electron chi connectivity index (χ4n) is 2.12. The normalized spacial score (nSPS) is 11.5. The molecule has 26 heavy (non-hydrogen) atoms. The summed E-state index contributed by atoms with van der Waals surface area (Å²) in [4.78, 5) is 16.4. The number of carbonyl (C=O) groups is 1. The van der Waals surface area contributed by atoms with Gasteiger partial charge in [-0.05, 0) is 32.4 Å². The van der Waals surface area contributed by atoms with Crippen LogP contribution in [-0.4, -0.2) is 45.1 Å². The summed E-state index contributed by atoms with van der Waals surface area (Å²) in [6.45, 7) is 4.52. The Balaban J connectivity index is 2.04. The molecule has 0 saturated heterocycles. The molecule has 0 unspecified atom stereocenters. The van der Waals surface area contributed by atoms with Gasteiger partial charge in [0.2, 0.25) is 5.91 Å². The molecule has 1 amide bonds. The summed E-state index contributed by atoms with van der Waals surface area (Å²) < 4.78 is 32.3. The number of hydrogen-bond acceptors (Lipinski definition) is 6. The van der Waals surface area contributed by atoms with Gasteiger partial charge in [-0.2, -0.15) is 0 Å². The van der Waals surface area contributed by atoms with E-state index in [2.05, 4.69) is 10.3 Å². The molecule has 1 heterocycles. The standard InChI is InChI=1S/C17H23N3O4S2/c1-14(2)24-11-6-9-18-16(21)13-20(17-19-10-12-25-17)26(22,23)15-7-4-3-5-8-15/h3-5,7-8,10,12,14H,6,9,11,13H2,1-2H3,(H,18,21). The van der Waals surface area contributed by atoms with Gasteiger partial charge in [-0.1, -0.05) is 18.2 Å². The van der Waals surface area contributed by atoms with Crippen molar-refractivity contribution in [3.63, 3.8) is 0 Å². The van der Waals surface area contributed by atoms with Crippen molar-refractivity contribution in [1.82, 2.24) is 10.3 Å². The van der Waals surface area contributed by atoms with Crippen molar-refractivity contribution in [3.8, 4) is 0 Å². The lowest BCUT2D eigenvalue weighted by Gasteiger charge is -2.21. The van der Waals surface area contributed by atoms with Gasteiger partial charge >= 0.3 is 0 Å². The van der Waals surface area contributed by atoms with Crippen LogP contribution in [0.25, 0.3) is 0 Å². The zero-order valence-electron chi connectivity index (χ0n) is 14.8. The van der Waals surface area contributed by atoms with Crippen LogP contribution < -0.4 is 9.62 Å². The molecule has 0 bridgehead atoms. The lowest BCUT2D eigenvalue weighted by molar-refractivity contribution is -0.119. The maximum absolute atomic E-state index is 12.9. The van der Waals surface area contributed by atoms with E-state index in [0.29, 0.717) is 19.6 Å². The third kappa shape index (κ3) is 5.79. The highest BCUT2D eigenvalue weighted by Crippen LogP contribution is 2.25. The molecule has 0 aliphatic heterocycles. The summed E-state index contributed by atoms with van der Waals surface area (Å²) in [5.41, 5.74) is 0. The molecule has 142 valence electrons. The Kier molecular flexibility index (Phi) is 7.55. The maximum atomic E-state index is 12.9. The Morgan fingerprint density at radius 1 is 1.31 bits per heavy atom. The van der Waals surface area contributed by atoms with Crippen LogP contribution >= 0.6 is 11.3 Å². The van der Waals surface area contributed by atoms with E-state index < -0.39 is 10.0 Å². The molecular weight excluding hydrogens is 374 g/mol. The highest BCUT2D eigenvalue weighted by molar-refractivity contribution is 7.93. The lowest BCUT2D eigenvalue weighted by atomic mass is 10.4. The monoisotopic (exact) mass is 397 g/mol. The van der Waals surface area contributed by atoms with Crippen LogP contribution in [0.1, 0.15) is 20.3 Å². The Hall–Kier alpha value is -1.97. The van der Waals surface area contributed by atoms with Gasteiger partial charge in [0.05, 0.1) is 11.0 Å². The van der Waals surface area contributed by atoms with Gasteiger partial charge < -0.3 is 10.1 Å². The van der Waals surface area contributed by atoms with Crippen LogP contribution in [0, 0.1) is 0 Å². The fourth-order valence-corrected chi connectivity index (χ4v) is 4.39. The molecule has 1 N–H and O–H groups in total. The molecule has 0 radical (unpaired) electrons. The minimum atomic E-state index is -3.87. The van der Waals surface area contributed by atoms with Crippen LogP contribution in [0.4, 0.5) is 5.13 Å². The summed E-state index contributed by atoms with van der Waals surface area (Å²) in [6, 6.07) is 8.01. The van der Waals surface area contributed by atoms with Crippen LogP contribution in [0.15, 0.2) is 46.8 Å². The van der Waals surface area contributed by atoms with Gasteiger partial charge in [0, 0.05) is 24.7 Å². The number of nitrogens with zero attached hydrogens (tertiary/aromatic N) is 2. The first-order valence-electron chi connectivity index (χ1n) is 8.27. The number of aromatic nitrogens is 1. The van der Waals surface area contributed by atoms with Gasteiger partial charge in [-0.15, -0.1) is 11.3 Å². The van der Waals surface area contributed by atoms with Crippen molar-refractivity contribution in [2.24, 2.45) is 0 Å². The van der Waals surface area contributed by atoms with Crippen LogP contribution in [-0.2, 0) is 19.6 Å². The summed E-state index contributed by atoms with van der Waals surface area (Å²) in [6.07, 6.45) is 2.31. The number of ether oxygens (including phenoxy) is 1. The quantitative estimate of drug-likeness (QED) is 0.621. The predicted octanol–water partition coefficient (Wildman–Crippen LogP) is 2.27. The lowest BCUT2D eigenvalue weighted by Crippen LogP contribution is -2.41. The summed E-state index contributed by atoms with van der Waals surface area (Å²) >= 11 is 1.17. The van der Waals surface area contributed by atoms with Crippen molar-refractivity contribution >= 4 is 32.4 Å². The third-order valence-electron chi connectivity index (χ3n) is 3.35. The Bertz CT molecular complexity index is 778. The van der Waals surface area contributed by atoms with Gasteiger partial charge in [-0.25, -0.2) is 17.7 Å². The second-order valence-electron chi connectivity index (χ2n) is 5.76. The number of carbonyl (C=O) groups excluding carboxylic acids is 1. The van der Waals surface area contributed by atoms with E-state index in [1.54, 1.807) is 23.6 Å². The number of thiazole rings is 1. The molecule has 0 fully saturated rings. The van der Waals surface area contributed by atoms with Crippen molar-refractivity contribution < 1.29 is 17.9 Å². The van der Waals surface area contributed by atoms with E-state index in [1.165, 1.54) is 29.7 Å². The first-order valence-corrected chi connectivity index (χ1v) is 10.6. The molecule has 0 aliphatic carbocycles. The predicted molar refractivity (Wildman–Crippen MR) is 102 cm³/mol. The minimum Gasteiger partial charge on any atom is -0.379 e. The van der Waals surface area contributed by atoms with Crippen molar-refractivity contribution in [3.05, 3.63) is 41.9 Å². The molecule has 0 saturated carbocycles. The van der Waals surface area contributed by atoms with E-state index in [-0.39, 0.29) is 28.6 Å². The molecule has 0 atom stereocenters. The maximum Gasteiger partial charge on any atom is 0.266 e. The zero-order valence-corrected chi connectivity index (χ0v) is 16.4. The Labute approximate surface area is 158 Å². The van der Waals surface area contributed by atoms with Crippen molar-refractivity contribution in [1.29, 1.82) is 0 Å². The van der Waals surface area contributed by atoms with Gasteiger partial charge in [0.1, 0.15) is 6.54 Å². The van der Waals surface area contributed by atoms with E-state index >= 15 is 0 Å². The van der Waals surface area contributed by atoms with Crippen LogP contribution in [0.2, 0.25) is 0 Å². The SMILES string of the molecule is CC(C)OCCCNC(=O)CN(c1nccs1)S(=O)(=O)c1ccccc1. The number of nitrogens with one attached hydrogen (secondary N) is 1. The number of rotatable bonds is 10. The zero-order chi connectivity index (χ0) is 19.0. The highest BCUT2D eigenvalue weighted by Gasteiger charge is 2.28. The fraction of sp³-hybridized carbons (Fsp3) is 0.412. The topological polar surface area (TPSA) is 88.6 Å². The van der Waals surface area contributed by atoms with Crippen molar-refractivity contribution in [2.45, 2.75) is 31.3 Å². The first kappa shape index (κ1) is 20.3. The molecule has 1 aromatic carbocycles. The molecule has 2 rings (SSSR count). The summed E-state index contributed by atoms with van der Waals surface area (Å²) in [5, 5.41) is 4.65. The number of amides is 1. The van der Waals surface area contributed by atoms with E-state index in [9.17, 15) is 13.2 Å². The summed E-state index contributed by atoms with van der Waals surface area (Å²) in [7, 11) is -3.87. The number of sulfonamides is 1. The number of hydrogen-bond donors (Lipinski definition) is 1. The van der Waals surface area contributed by atoms with Gasteiger partial charge in [0.25, 0.3) is 10.0 Å². The van der Waals surface area contributed by atoms with Gasteiger partial charge in [-0.3, -0.25) is 4.79 Å². The molecule has 0 spiro atoms. The molecule has 0 aliphatic rings. The number of anilines is 1. The van der Waals surface area contributed by atoms with E-state index in [0.717, 1.165) is 4.31 Å². The van der Waals surface area contributed by atoms with E-state index in [4.69, 9.17) is 4.74 Å².